The molecule has 2 heterocycles. The minimum Gasteiger partial charge on any atom is -0.324 e. The summed E-state index contributed by atoms with van der Waals surface area (Å²) in [5.41, 5.74) is 0. The van der Waals surface area contributed by atoms with Crippen LogP contribution in [0, 0.1) is 5.92 Å². The van der Waals surface area contributed by atoms with E-state index in [0.29, 0.717) is 18.9 Å². The highest BCUT2D eigenvalue weighted by atomic mass is 32.2. The first-order valence-corrected chi connectivity index (χ1v) is 9.84. The summed E-state index contributed by atoms with van der Waals surface area (Å²) in [5, 5.41) is 3.05. The fourth-order valence-corrected chi connectivity index (χ4v) is 5.22. The minimum atomic E-state index is -3.00. The molecule has 0 bridgehead atoms. The molecule has 3 atom stereocenters. The van der Waals surface area contributed by atoms with Gasteiger partial charge in [-0.2, -0.15) is 0 Å². The monoisotopic (exact) mass is 316 g/mol. The molecule has 21 heavy (non-hydrogen) atoms. The van der Waals surface area contributed by atoms with Gasteiger partial charge in [-0.15, -0.1) is 0 Å². The number of carbonyl (C=O) groups is 1. The number of carbonyl (C=O) groups excluding carboxylic acids is 1. The third-order valence-corrected chi connectivity index (χ3v) is 6.74. The number of rotatable bonds is 6. The zero-order valence-electron chi connectivity index (χ0n) is 13.3. The van der Waals surface area contributed by atoms with Gasteiger partial charge >= 0.3 is 0 Å². The summed E-state index contributed by atoms with van der Waals surface area (Å²) in [5.74, 6) is 0.814. The molecular formula is C15H28N2O3S. The van der Waals surface area contributed by atoms with Crippen LogP contribution in [-0.4, -0.2) is 49.0 Å². The molecule has 0 aromatic rings. The first-order chi connectivity index (χ1) is 9.85. The molecule has 0 aromatic carbocycles. The van der Waals surface area contributed by atoms with Crippen LogP contribution in [0.3, 0.4) is 0 Å². The molecule has 0 aromatic heterocycles. The van der Waals surface area contributed by atoms with Gasteiger partial charge < -0.3 is 4.90 Å². The first-order valence-electron chi connectivity index (χ1n) is 8.13. The maximum absolute atomic E-state index is 12.6. The average molecular weight is 316 g/mol. The van der Waals surface area contributed by atoms with Crippen LogP contribution in [0.1, 0.15) is 52.9 Å². The highest BCUT2D eigenvalue weighted by Crippen LogP contribution is 2.26. The lowest BCUT2D eigenvalue weighted by Gasteiger charge is -2.26. The molecule has 3 unspecified atom stereocenters. The van der Waals surface area contributed by atoms with Crippen molar-refractivity contribution in [1.82, 2.24) is 10.2 Å². The van der Waals surface area contributed by atoms with Crippen LogP contribution in [0.2, 0.25) is 0 Å². The fraction of sp³-hybridized carbons (Fsp3) is 0.933. The lowest BCUT2D eigenvalue weighted by atomic mass is 10.0. The van der Waals surface area contributed by atoms with Crippen molar-refractivity contribution in [3.8, 4) is 0 Å². The smallest absolute Gasteiger partial charge is 0.241 e. The zero-order valence-corrected chi connectivity index (χ0v) is 14.2. The average Bonchev–Trinajstić information content (AvgIpc) is 2.84. The molecule has 2 rings (SSSR count). The molecule has 0 spiro atoms. The predicted molar refractivity (Wildman–Crippen MR) is 83.6 cm³/mol. The number of hydrogen-bond donors (Lipinski definition) is 1. The molecule has 5 nitrogen and oxygen atoms in total. The number of nitrogens with zero attached hydrogens (tertiary/aromatic N) is 1. The molecule has 2 fully saturated rings. The minimum absolute atomic E-state index is 0.00190. The topological polar surface area (TPSA) is 66.5 Å². The van der Waals surface area contributed by atoms with Crippen molar-refractivity contribution in [3.63, 3.8) is 0 Å². The van der Waals surface area contributed by atoms with Crippen LogP contribution in [0.5, 0.6) is 0 Å². The molecule has 1 N–H and O–H groups in total. The van der Waals surface area contributed by atoms with Crippen LogP contribution >= 0.6 is 0 Å². The Hall–Kier alpha value is -0.620. The summed E-state index contributed by atoms with van der Waals surface area (Å²) in [6, 6.07) is -0.148. The van der Waals surface area contributed by atoms with Gasteiger partial charge in [0.1, 0.15) is 0 Å². The van der Waals surface area contributed by atoms with E-state index in [4.69, 9.17) is 0 Å². The summed E-state index contributed by atoms with van der Waals surface area (Å²) in [6.45, 7) is 6.67. The largest absolute Gasteiger partial charge is 0.324 e. The molecule has 1 amide bonds. The Morgan fingerprint density at radius 3 is 2.62 bits per heavy atom. The Morgan fingerprint density at radius 2 is 2.10 bits per heavy atom. The van der Waals surface area contributed by atoms with Crippen LogP contribution in [0.15, 0.2) is 0 Å². The fourth-order valence-electron chi connectivity index (χ4n) is 3.40. The SMILES string of the molecule is CCCC1NC(CC(C)C)C(=O)N1CC1CCCS1(=O)=O. The van der Waals surface area contributed by atoms with Gasteiger partial charge in [-0.25, -0.2) is 8.42 Å². The Kier molecular flexibility index (Phi) is 5.30. The van der Waals surface area contributed by atoms with Crippen LogP contribution in [0.25, 0.3) is 0 Å². The molecule has 2 aliphatic rings. The zero-order chi connectivity index (χ0) is 15.6. The van der Waals surface area contributed by atoms with E-state index in [0.717, 1.165) is 25.7 Å². The Morgan fingerprint density at radius 1 is 1.38 bits per heavy atom. The number of nitrogens with one attached hydrogen (secondary N) is 1. The van der Waals surface area contributed by atoms with Gasteiger partial charge in [0.25, 0.3) is 0 Å². The van der Waals surface area contributed by atoms with Crippen molar-refractivity contribution >= 4 is 15.7 Å². The summed E-state index contributed by atoms with van der Waals surface area (Å²) in [6.07, 6.45) is 4.10. The predicted octanol–water partition coefficient (Wildman–Crippen LogP) is 1.54. The molecule has 122 valence electrons. The van der Waals surface area contributed by atoms with E-state index in [1.165, 1.54) is 0 Å². The molecule has 0 saturated carbocycles. The lowest BCUT2D eigenvalue weighted by molar-refractivity contribution is -0.130. The second-order valence-electron chi connectivity index (χ2n) is 6.78. The first kappa shape index (κ1) is 16.7. The van der Waals surface area contributed by atoms with E-state index in [1.807, 2.05) is 0 Å². The normalized spacial score (nSPS) is 32.3. The van der Waals surface area contributed by atoms with Crippen molar-refractivity contribution in [2.45, 2.75) is 70.3 Å². The third kappa shape index (κ3) is 3.77. The van der Waals surface area contributed by atoms with E-state index in [1.54, 1.807) is 4.90 Å². The van der Waals surface area contributed by atoms with Gasteiger partial charge in [0.15, 0.2) is 9.84 Å². The molecule has 6 heteroatoms. The Bertz CT molecular complexity index is 475. The van der Waals surface area contributed by atoms with Crippen molar-refractivity contribution in [2.24, 2.45) is 5.92 Å². The van der Waals surface area contributed by atoms with Gasteiger partial charge in [0.05, 0.1) is 23.2 Å². The van der Waals surface area contributed by atoms with E-state index in [9.17, 15) is 13.2 Å². The van der Waals surface area contributed by atoms with Gasteiger partial charge in [0, 0.05) is 6.54 Å². The maximum Gasteiger partial charge on any atom is 0.241 e. The van der Waals surface area contributed by atoms with Crippen LogP contribution in [0.4, 0.5) is 0 Å². The van der Waals surface area contributed by atoms with Gasteiger partial charge in [-0.1, -0.05) is 27.2 Å². The molecular weight excluding hydrogens is 288 g/mol. The van der Waals surface area contributed by atoms with E-state index >= 15 is 0 Å². The molecule has 0 aliphatic carbocycles. The van der Waals surface area contributed by atoms with Crippen molar-refractivity contribution in [1.29, 1.82) is 0 Å². The second-order valence-corrected chi connectivity index (χ2v) is 9.18. The summed E-state index contributed by atoms with van der Waals surface area (Å²) >= 11 is 0. The van der Waals surface area contributed by atoms with Crippen LogP contribution in [-0.2, 0) is 14.6 Å². The van der Waals surface area contributed by atoms with Crippen molar-refractivity contribution in [3.05, 3.63) is 0 Å². The second kappa shape index (κ2) is 6.65. The maximum atomic E-state index is 12.6. The highest BCUT2D eigenvalue weighted by Gasteiger charge is 2.42. The Labute approximate surface area is 128 Å². The van der Waals surface area contributed by atoms with Gasteiger partial charge in [0.2, 0.25) is 5.91 Å². The van der Waals surface area contributed by atoms with Gasteiger partial charge in [-0.05, 0) is 31.6 Å². The Balaban J connectivity index is 2.09. The lowest BCUT2D eigenvalue weighted by Crippen LogP contribution is -2.43. The highest BCUT2D eigenvalue weighted by molar-refractivity contribution is 7.92. The molecule has 0 radical (unpaired) electrons. The van der Waals surface area contributed by atoms with Gasteiger partial charge in [-0.3, -0.25) is 10.1 Å². The summed E-state index contributed by atoms with van der Waals surface area (Å²) in [7, 11) is -3.00. The van der Waals surface area contributed by atoms with E-state index in [2.05, 4.69) is 26.1 Å². The van der Waals surface area contributed by atoms with Crippen molar-refractivity contribution < 1.29 is 13.2 Å². The number of amides is 1. The standard InChI is InChI=1S/C15H28N2O3S/c1-4-6-14-16-13(9-11(2)3)15(18)17(14)10-12-7-5-8-21(12,19)20/h11-14,16H,4-10H2,1-3H3. The summed E-state index contributed by atoms with van der Waals surface area (Å²) in [4.78, 5) is 14.4. The van der Waals surface area contributed by atoms with E-state index < -0.39 is 9.84 Å². The van der Waals surface area contributed by atoms with E-state index in [-0.39, 0.29) is 29.1 Å². The molecule has 2 aliphatic heterocycles. The quantitative estimate of drug-likeness (QED) is 0.807. The number of sulfone groups is 1. The number of hydrogen-bond acceptors (Lipinski definition) is 4. The third-order valence-electron chi connectivity index (χ3n) is 4.48. The molecule has 2 saturated heterocycles. The summed E-state index contributed by atoms with van der Waals surface area (Å²) < 4.78 is 24.0. The van der Waals surface area contributed by atoms with Crippen molar-refractivity contribution in [2.75, 3.05) is 12.3 Å². The van der Waals surface area contributed by atoms with Crippen LogP contribution < -0.4 is 5.32 Å².